The lowest BCUT2D eigenvalue weighted by atomic mass is 10.1. The van der Waals surface area contributed by atoms with E-state index in [1.54, 1.807) is 6.07 Å². The smallest absolute Gasteiger partial charge is 0.270 e. The first-order valence-corrected chi connectivity index (χ1v) is 14.5. The number of ketones is 1. The molecule has 214 valence electrons. The predicted molar refractivity (Wildman–Crippen MR) is 154 cm³/mol. The second-order valence-corrected chi connectivity index (χ2v) is 11.9. The first kappa shape index (κ1) is 29.7. The van der Waals surface area contributed by atoms with Crippen LogP contribution in [0.4, 0.5) is 4.39 Å². The third-order valence-corrected chi connectivity index (χ3v) is 7.59. The van der Waals surface area contributed by atoms with E-state index in [-0.39, 0.29) is 40.8 Å². The van der Waals surface area contributed by atoms with Gasteiger partial charge in [0, 0.05) is 12.0 Å². The average Bonchev–Trinajstić information content (AvgIpc) is 2.89. The highest BCUT2D eigenvalue weighted by Crippen LogP contribution is 2.34. The molecule has 0 aliphatic heterocycles. The number of Topliss-reactive ketones (excluding diaryl/α,β-unsaturated/α-hetero) is 1. The van der Waals surface area contributed by atoms with Crippen LogP contribution in [0.3, 0.4) is 0 Å². The van der Waals surface area contributed by atoms with E-state index in [0.717, 1.165) is 22.8 Å². The summed E-state index contributed by atoms with van der Waals surface area (Å²) < 4.78 is 54.9. The molecule has 0 spiro atoms. The van der Waals surface area contributed by atoms with Crippen molar-refractivity contribution < 1.29 is 31.9 Å². The van der Waals surface area contributed by atoms with Crippen LogP contribution in [-0.2, 0) is 14.8 Å². The van der Waals surface area contributed by atoms with Gasteiger partial charge in [-0.1, -0.05) is 49.8 Å². The minimum Gasteiger partial charge on any atom is -0.490 e. The van der Waals surface area contributed by atoms with Gasteiger partial charge in [-0.05, 0) is 68.2 Å². The van der Waals surface area contributed by atoms with Crippen molar-refractivity contribution in [3.05, 3.63) is 93.7 Å². The summed E-state index contributed by atoms with van der Waals surface area (Å²) in [5.74, 6) is -1.91. The Morgan fingerprint density at radius 2 is 1.80 bits per heavy atom. The van der Waals surface area contributed by atoms with Gasteiger partial charge < -0.3 is 9.47 Å². The third-order valence-electron chi connectivity index (χ3n) is 6.20. The third kappa shape index (κ3) is 6.71. The second kappa shape index (κ2) is 12.1. The molecule has 1 aliphatic carbocycles. The molecular formula is C31H31FN2O6S. The van der Waals surface area contributed by atoms with E-state index in [4.69, 9.17) is 9.47 Å². The lowest BCUT2D eigenvalue weighted by Gasteiger charge is -2.17. The molecule has 41 heavy (non-hydrogen) atoms. The molecule has 1 heterocycles. The number of carbonyl (C=O) groups is 2. The second-order valence-electron chi connectivity index (χ2n) is 10.2. The molecule has 1 amide bonds. The Balaban J connectivity index is 1.78. The molecule has 8 nitrogen and oxygen atoms in total. The highest BCUT2D eigenvalue weighted by molar-refractivity contribution is 7.95. The van der Waals surface area contributed by atoms with Crippen LogP contribution in [0.15, 0.2) is 65.6 Å². The summed E-state index contributed by atoms with van der Waals surface area (Å²) in [6.45, 7) is 9.80. The fraction of sp³-hybridized carbons (Fsp3) is 0.258. The molecule has 0 radical (unpaired) electrons. The van der Waals surface area contributed by atoms with Crippen molar-refractivity contribution in [1.82, 2.24) is 9.71 Å². The van der Waals surface area contributed by atoms with Gasteiger partial charge in [0.1, 0.15) is 16.2 Å². The van der Waals surface area contributed by atoms with Crippen molar-refractivity contribution in [2.75, 3.05) is 6.61 Å². The molecule has 0 fully saturated rings. The number of benzene rings is 2. The summed E-state index contributed by atoms with van der Waals surface area (Å²) in [6.07, 6.45) is 3.99. The number of aromatic nitrogens is 1. The predicted octanol–water partition coefficient (Wildman–Crippen LogP) is 6.11. The highest BCUT2D eigenvalue weighted by Gasteiger charge is 2.29. The number of allylic oxidation sites excluding steroid dienone is 4. The standard InChI is InChI=1S/C31H31FN2O6S/c1-18(2)17-39-26-11-8-9-22(28(26)32)24-14-13-23(30(36)34-41(37,38)27-12-7-6-10-25(27)35)31(33-24)40-29-20(4)15-19(3)16-21(29)5/h6-9,11-16,18H,10,17H2,1-5H3,(H,34,36). The summed E-state index contributed by atoms with van der Waals surface area (Å²) in [7, 11) is -4.48. The molecule has 0 bridgehead atoms. The SMILES string of the molecule is Cc1cc(C)c(Oc2nc(-c3cccc(OCC(C)C)c3F)ccc2C(=O)NS(=O)(=O)C2=CC=CCC2=O)c(C)c1. The maximum Gasteiger partial charge on any atom is 0.270 e. The first-order valence-electron chi connectivity index (χ1n) is 13.0. The van der Waals surface area contributed by atoms with Crippen molar-refractivity contribution in [1.29, 1.82) is 0 Å². The number of amides is 1. The number of rotatable bonds is 9. The van der Waals surface area contributed by atoms with E-state index < -0.39 is 32.4 Å². The van der Waals surface area contributed by atoms with Gasteiger partial charge in [-0.25, -0.2) is 22.5 Å². The monoisotopic (exact) mass is 578 g/mol. The Bertz CT molecular complexity index is 1670. The van der Waals surface area contributed by atoms with Crippen molar-refractivity contribution in [2.24, 2.45) is 5.92 Å². The Labute approximate surface area is 239 Å². The van der Waals surface area contributed by atoms with Crippen LogP contribution in [-0.4, -0.2) is 31.7 Å². The van der Waals surface area contributed by atoms with Crippen LogP contribution < -0.4 is 14.2 Å². The molecular weight excluding hydrogens is 547 g/mol. The van der Waals surface area contributed by atoms with E-state index in [1.165, 1.54) is 36.4 Å². The first-order chi connectivity index (χ1) is 19.4. The molecule has 3 aromatic rings. The average molecular weight is 579 g/mol. The van der Waals surface area contributed by atoms with Crippen LogP contribution in [0.5, 0.6) is 17.4 Å². The van der Waals surface area contributed by atoms with E-state index in [2.05, 4.69) is 4.98 Å². The Morgan fingerprint density at radius 1 is 1.10 bits per heavy atom. The molecule has 0 atom stereocenters. The van der Waals surface area contributed by atoms with Crippen LogP contribution in [0.25, 0.3) is 11.3 Å². The van der Waals surface area contributed by atoms with Crippen molar-refractivity contribution in [2.45, 2.75) is 41.0 Å². The molecule has 0 saturated carbocycles. The molecule has 2 aromatic carbocycles. The van der Waals surface area contributed by atoms with Gasteiger partial charge in [-0.2, -0.15) is 0 Å². The number of halogens is 1. The van der Waals surface area contributed by atoms with Gasteiger partial charge in [-0.15, -0.1) is 0 Å². The number of hydrogen-bond donors (Lipinski definition) is 1. The maximum atomic E-state index is 15.5. The lowest BCUT2D eigenvalue weighted by molar-refractivity contribution is -0.114. The van der Waals surface area contributed by atoms with Crippen LogP contribution in [0.1, 0.15) is 47.3 Å². The lowest BCUT2D eigenvalue weighted by Crippen LogP contribution is -2.34. The number of ether oxygens (including phenoxy) is 2. The van der Waals surface area contributed by atoms with E-state index in [0.29, 0.717) is 12.4 Å². The van der Waals surface area contributed by atoms with Gasteiger partial charge in [0.25, 0.3) is 15.9 Å². The Hall–Kier alpha value is -4.31. The largest absolute Gasteiger partial charge is 0.490 e. The minimum atomic E-state index is -4.48. The zero-order chi connectivity index (χ0) is 29.9. The molecule has 0 saturated heterocycles. The molecule has 1 aliphatic rings. The fourth-order valence-corrected chi connectivity index (χ4v) is 5.44. The van der Waals surface area contributed by atoms with Gasteiger partial charge in [-0.3, -0.25) is 9.59 Å². The van der Waals surface area contributed by atoms with Crippen LogP contribution >= 0.6 is 0 Å². The summed E-state index contributed by atoms with van der Waals surface area (Å²) in [6, 6.07) is 11.1. The maximum absolute atomic E-state index is 15.5. The number of nitrogens with zero attached hydrogens (tertiary/aromatic N) is 1. The van der Waals surface area contributed by atoms with Gasteiger partial charge in [0.05, 0.1) is 12.3 Å². The van der Waals surface area contributed by atoms with Crippen LogP contribution in [0.2, 0.25) is 0 Å². The van der Waals surface area contributed by atoms with Crippen molar-refractivity contribution >= 4 is 21.7 Å². The molecule has 0 unspecified atom stereocenters. The zero-order valence-electron chi connectivity index (χ0n) is 23.4. The van der Waals surface area contributed by atoms with E-state index in [1.807, 2.05) is 51.5 Å². The van der Waals surface area contributed by atoms with Crippen LogP contribution in [0, 0.1) is 32.5 Å². The number of pyridine rings is 1. The number of hydrogen-bond acceptors (Lipinski definition) is 7. The van der Waals surface area contributed by atoms with Gasteiger partial charge in [0.15, 0.2) is 17.3 Å². The zero-order valence-corrected chi connectivity index (χ0v) is 24.3. The summed E-state index contributed by atoms with van der Waals surface area (Å²) in [5.41, 5.74) is 2.55. The number of nitrogens with one attached hydrogen (secondary N) is 1. The topological polar surface area (TPSA) is 112 Å². The summed E-state index contributed by atoms with van der Waals surface area (Å²) in [5, 5.41) is 0. The fourth-order valence-electron chi connectivity index (χ4n) is 4.34. The summed E-state index contributed by atoms with van der Waals surface area (Å²) >= 11 is 0. The quantitative estimate of drug-likeness (QED) is 0.326. The van der Waals surface area contributed by atoms with Crippen molar-refractivity contribution in [3.63, 3.8) is 0 Å². The van der Waals surface area contributed by atoms with Crippen molar-refractivity contribution in [3.8, 4) is 28.6 Å². The Morgan fingerprint density at radius 3 is 2.46 bits per heavy atom. The minimum absolute atomic E-state index is 0.0538. The molecule has 4 rings (SSSR count). The molecule has 1 N–H and O–H groups in total. The highest BCUT2D eigenvalue weighted by atomic mass is 32.2. The molecule has 10 heteroatoms. The number of carbonyl (C=O) groups excluding carboxylic acids is 2. The number of aryl methyl sites for hydroxylation is 3. The van der Waals surface area contributed by atoms with E-state index >= 15 is 4.39 Å². The van der Waals surface area contributed by atoms with Gasteiger partial charge in [0.2, 0.25) is 5.88 Å². The normalized spacial score (nSPS) is 13.2. The number of sulfonamides is 1. The Kier molecular flexibility index (Phi) is 8.72. The summed E-state index contributed by atoms with van der Waals surface area (Å²) in [4.78, 5) is 29.4. The van der Waals surface area contributed by atoms with Gasteiger partial charge >= 0.3 is 0 Å². The molecule has 1 aromatic heterocycles. The van der Waals surface area contributed by atoms with E-state index in [9.17, 15) is 18.0 Å².